The van der Waals surface area contributed by atoms with Crippen molar-refractivity contribution in [2.24, 2.45) is 5.41 Å². The molecular formula is C15H23NO2. The van der Waals surface area contributed by atoms with Gasteiger partial charge in [-0.05, 0) is 24.6 Å². The highest BCUT2D eigenvalue weighted by atomic mass is 16.5. The van der Waals surface area contributed by atoms with Crippen LogP contribution in [0.4, 0.5) is 0 Å². The Labute approximate surface area is 109 Å². The fourth-order valence-electron chi connectivity index (χ4n) is 2.13. The summed E-state index contributed by atoms with van der Waals surface area (Å²) < 4.78 is 11.2. The molecular weight excluding hydrogens is 226 g/mol. The molecule has 1 atom stereocenters. The highest BCUT2D eigenvalue weighted by Crippen LogP contribution is 2.27. The van der Waals surface area contributed by atoms with E-state index in [-0.39, 0.29) is 11.1 Å². The Morgan fingerprint density at radius 2 is 1.89 bits per heavy atom. The molecule has 3 nitrogen and oxygen atoms in total. The van der Waals surface area contributed by atoms with Crippen molar-refractivity contribution in [3.63, 3.8) is 0 Å². The van der Waals surface area contributed by atoms with Gasteiger partial charge >= 0.3 is 0 Å². The second-order valence-electron chi connectivity index (χ2n) is 6.06. The number of ether oxygens (including phenoxy) is 2. The zero-order valence-corrected chi connectivity index (χ0v) is 11.7. The fourth-order valence-corrected chi connectivity index (χ4v) is 2.13. The van der Waals surface area contributed by atoms with Gasteiger partial charge in [0.1, 0.15) is 11.5 Å². The molecule has 1 unspecified atom stereocenters. The Morgan fingerprint density at radius 1 is 1.22 bits per heavy atom. The lowest BCUT2D eigenvalue weighted by Crippen LogP contribution is -2.56. The normalized spacial score (nSPS) is 26.9. The zero-order chi connectivity index (χ0) is 13.2. The van der Waals surface area contributed by atoms with Crippen LogP contribution in [-0.4, -0.2) is 26.0 Å². The van der Waals surface area contributed by atoms with Crippen LogP contribution in [-0.2, 0) is 11.2 Å². The lowest BCUT2D eigenvalue weighted by Gasteiger charge is -2.42. The Bertz CT molecular complexity index is 387. The Balaban J connectivity index is 2.00. The molecule has 0 radical (unpaired) electrons. The molecule has 1 fully saturated rings. The number of benzene rings is 1. The van der Waals surface area contributed by atoms with E-state index in [1.807, 2.05) is 12.1 Å². The molecule has 0 aromatic heterocycles. The van der Waals surface area contributed by atoms with Gasteiger partial charge in [0.15, 0.2) is 0 Å². The molecule has 0 spiro atoms. The fraction of sp³-hybridized carbons (Fsp3) is 0.600. The van der Waals surface area contributed by atoms with E-state index in [4.69, 9.17) is 9.47 Å². The number of hydrogen-bond donors (Lipinski definition) is 1. The number of nitrogens with one attached hydrogen (secondary N) is 1. The van der Waals surface area contributed by atoms with Crippen molar-refractivity contribution in [2.75, 3.05) is 20.3 Å². The third-order valence-corrected chi connectivity index (χ3v) is 3.42. The van der Waals surface area contributed by atoms with Crippen LogP contribution in [0.15, 0.2) is 24.3 Å². The molecule has 1 saturated heterocycles. The molecule has 0 bridgehead atoms. The lowest BCUT2D eigenvalue weighted by atomic mass is 9.90. The van der Waals surface area contributed by atoms with Crippen molar-refractivity contribution in [1.82, 2.24) is 5.32 Å². The van der Waals surface area contributed by atoms with Crippen LogP contribution in [0.1, 0.15) is 26.3 Å². The lowest BCUT2D eigenvalue weighted by molar-refractivity contribution is -0.125. The first-order valence-electron chi connectivity index (χ1n) is 6.44. The minimum absolute atomic E-state index is 0.222. The molecule has 0 aliphatic carbocycles. The van der Waals surface area contributed by atoms with Crippen molar-refractivity contribution >= 4 is 0 Å². The van der Waals surface area contributed by atoms with Crippen LogP contribution in [0.25, 0.3) is 0 Å². The summed E-state index contributed by atoms with van der Waals surface area (Å²) in [4.78, 5) is 0. The molecule has 2 rings (SSSR count). The predicted molar refractivity (Wildman–Crippen MR) is 72.8 cm³/mol. The SMILES string of the molecule is COc1ccc(CC2(C)NCC(C)(C)CO2)cc1. The van der Waals surface area contributed by atoms with Gasteiger partial charge in [-0.1, -0.05) is 26.0 Å². The Morgan fingerprint density at radius 3 is 2.39 bits per heavy atom. The average molecular weight is 249 g/mol. The first-order chi connectivity index (χ1) is 8.42. The van der Waals surface area contributed by atoms with Gasteiger partial charge in [0.25, 0.3) is 0 Å². The van der Waals surface area contributed by atoms with Gasteiger partial charge < -0.3 is 9.47 Å². The molecule has 3 heteroatoms. The smallest absolute Gasteiger partial charge is 0.120 e. The van der Waals surface area contributed by atoms with Crippen molar-refractivity contribution in [2.45, 2.75) is 32.9 Å². The molecule has 1 aromatic rings. The van der Waals surface area contributed by atoms with Crippen LogP contribution in [0.5, 0.6) is 5.75 Å². The monoisotopic (exact) mass is 249 g/mol. The second-order valence-corrected chi connectivity index (χ2v) is 6.06. The summed E-state index contributed by atoms with van der Waals surface area (Å²) in [6.45, 7) is 8.33. The largest absolute Gasteiger partial charge is 0.497 e. The summed E-state index contributed by atoms with van der Waals surface area (Å²) in [5, 5.41) is 3.51. The van der Waals surface area contributed by atoms with Gasteiger partial charge in [0.05, 0.1) is 13.7 Å². The van der Waals surface area contributed by atoms with E-state index in [0.717, 1.165) is 25.3 Å². The topological polar surface area (TPSA) is 30.5 Å². The summed E-state index contributed by atoms with van der Waals surface area (Å²) in [6, 6.07) is 8.17. The summed E-state index contributed by atoms with van der Waals surface area (Å²) >= 11 is 0. The van der Waals surface area contributed by atoms with Crippen LogP contribution in [0.3, 0.4) is 0 Å². The highest BCUT2D eigenvalue weighted by Gasteiger charge is 2.35. The third kappa shape index (κ3) is 3.24. The molecule has 0 saturated carbocycles. The maximum absolute atomic E-state index is 6.00. The van der Waals surface area contributed by atoms with E-state index < -0.39 is 0 Å². The van der Waals surface area contributed by atoms with E-state index in [0.29, 0.717) is 0 Å². The first kappa shape index (κ1) is 13.4. The summed E-state index contributed by atoms with van der Waals surface area (Å²) in [7, 11) is 1.68. The van der Waals surface area contributed by atoms with Gasteiger partial charge in [-0.2, -0.15) is 0 Å². The quantitative estimate of drug-likeness (QED) is 0.893. The van der Waals surface area contributed by atoms with Gasteiger partial charge in [-0.15, -0.1) is 0 Å². The van der Waals surface area contributed by atoms with Crippen LogP contribution >= 0.6 is 0 Å². The number of rotatable bonds is 3. The van der Waals surface area contributed by atoms with E-state index in [1.54, 1.807) is 7.11 Å². The molecule has 18 heavy (non-hydrogen) atoms. The van der Waals surface area contributed by atoms with E-state index in [1.165, 1.54) is 5.56 Å². The van der Waals surface area contributed by atoms with Gasteiger partial charge in [-0.25, -0.2) is 0 Å². The van der Waals surface area contributed by atoms with E-state index >= 15 is 0 Å². The average Bonchev–Trinajstić information content (AvgIpc) is 2.35. The maximum atomic E-state index is 6.00. The predicted octanol–water partition coefficient (Wildman–Crippen LogP) is 2.60. The molecule has 1 N–H and O–H groups in total. The van der Waals surface area contributed by atoms with Crippen LogP contribution < -0.4 is 10.1 Å². The highest BCUT2D eigenvalue weighted by molar-refractivity contribution is 5.28. The van der Waals surface area contributed by atoms with Crippen molar-refractivity contribution in [1.29, 1.82) is 0 Å². The Hall–Kier alpha value is -1.06. The van der Waals surface area contributed by atoms with Crippen molar-refractivity contribution in [3.8, 4) is 5.75 Å². The molecule has 100 valence electrons. The van der Waals surface area contributed by atoms with Gasteiger partial charge in [0, 0.05) is 18.4 Å². The minimum Gasteiger partial charge on any atom is -0.497 e. The Kier molecular flexibility index (Phi) is 3.64. The summed E-state index contributed by atoms with van der Waals surface area (Å²) in [6.07, 6.45) is 0.868. The van der Waals surface area contributed by atoms with E-state index in [2.05, 4.69) is 38.2 Å². The number of hydrogen-bond acceptors (Lipinski definition) is 3. The summed E-state index contributed by atoms with van der Waals surface area (Å²) in [5.41, 5.74) is 1.22. The summed E-state index contributed by atoms with van der Waals surface area (Å²) in [5.74, 6) is 0.891. The van der Waals surface area contributed by atoms with Crippen LogP contribution in [0, 0.1) is 5.41 Å². The van der Waals surface area contributed by atoms with Gasteiger partial charge in [0.2, 0.25) is 0 Å². The minimum atomic E-state index is -0.260. The standard InChI is InChI=1S/C15H23NO2/c1-14(2)10-16-15(3,18-11-14)9-12-5-7-13(17-4)8-6-12/h5-8,16H,9-11H2,1-4H3. The molecule has 1 aliphatic rings. The molecule has 1 aromatic carbocycles. The van der Waals surface area contributed by atoms with Gasteiger partial charge in [-0.3, -0.25) is 5.32 Å². The first-order valence-corrected chi connectivity index (χ1v) is 6.44. The zero-order valence-electron chi connectivity index (χ0n) is 11.7. The van der Waals surface area contributed by atoms with Crippen LogP contribution in [0.2, 0.25) is 0 Å². The molecule has 0 amide bonds. The second kappa shape index (κ2) is 4.90. The van der Waals surface area contributed by atoms with Crippen molar-refractivity contribution < 1.29 is 9.47 Å². The third-order valence-electron chi connectivity index (χ3n) is 3.42. The van der Waals surface area contributed by atoms with Crippen molar-refractivity contribution in [3.05, 3.63) is 29.8 Å². The molecule has 1 heterocycles. The van der Waals surface area contributed by atoms with E-state index in [9.17, 15) is 0 Å². The molecule has 1 aliphatic heterocycles. The number of methoxy groups -OCH3 is 1. The maximum Gasteiger partial charge on any atom is 0.120 e.